The minimum absolute atomic E-state index is 0.00481. The number of rotatable bonds is 7. The summed E-state index contributed by atoms with van der Waals surface area (Å²) in [4.78, 5) is 7.12. The first-order valence-corrected chi connectivity index (χ1v) is 11.9. The Balaban J connectivity index is 1.84. The highest BCUT2D eigenvalue weighted by Gasteiger charge is 2.26. The van der Waals surface area contributed by atoms with Crippen LogP contribution in [0, 0.1) is 13.8 Å². The van der Waals surface area contributed by atoms with Gasteiger partial charge in [0, 0.05) is 58.5 Å². The number of benzene rings is 2. The van der Waals surface area contributed by atoms with Gasteiger partial charge in [0.05, 0.1) is 4.90 Å². The predicted molar refractivity (Wildman–Crippen MR) is 124 cm³/mol. The molecule has 2 aromatic rings. The van der Waals surface area contributed by atoms with E-state index in [1.807, 2.05) is 40.1 Å². The third-order valence-electron chi connectivity index (χ3n) is 5.87. The second-order valence-electron chi connectivity index (χ2n) is 8.46. The third-order valence-corrected chi connectivity index (χ3v) is 7.44. The Kier molecular flexibility index (Phi) is 7.18. The number of likely N-dealkylation sites (N-methyl/N-ethyl adjacent to an activating group) is 1. The lowest BCUT2D eigenvalue weighted by Crippen LogP contribution is -2.48. The number of nitrogens with one attached hydrogen (secondary N) is 1. The molecule has 1 aliphatic heterocycles. The summed E-state index contributed by atoms with van der Waals surface area (Å²) in [5.74, 6) is 0. The maximum absolute atomic E-state index is 13.1. The Hall–Kier alpha value is -1.93. The Morgan fingerprint density at radius 1 is 1.00 bits per heavy atom. The van der Waals surface area contributed by atoms with Crippen LogP contribution in [0.15, 0.2) is 47.4 Å². The van der Waals surface area contributed by atoms with Crippen molar-refractivity contribution < 1.29 is 8.42 Å². The van der Waals surface area contributed by atoms with Crippen LogP contribution in [0.4, 0.5) is 5.69 Å². The number of anilines is 1. The maximum Gasteiger partial charge on any atom is 0.240 e. The van der Waals surface area contributed by atoms with Crippen LogP contribution in [0.5, 0.6) is 0 Å². The van der Waals surface area contributed by atoms with E-state index in [4.69, 9.17) is 0 Å². The van der Waals surface area contributed by atoms with Crippen LogP contribution in [0.25, 0.3) is 0 Å². The maximum atomic E-state index is 13.1. The number of piperazine rings is 1. The SMILES string of the molecule is Cc1ccc(C)c(S(=O)(=O)NC[C@H](c2ccc(N(C)C)cc2)N2CCN(C)CC2)c1. The molecule has 1 aliphatic rings. The smallest absolute Gasteiger partial charge is 0.240 e. The summed E-state index contributed by atoms with van der Waals surface area (Å²) in [6.07, 6.45) is 0. The van der Waals surface area contributed by atoms with Crippen LogP contribution < -0.4 is 9.62 Å². The number of nitrogens with zero attached hydrogens (tertiary/aromatic N) is 3. The van der Waals surface area contributed by atoms with Gasteiger partial charge in [-0.2, -0.15) is 0 Å². The molecule has 1 atom stereocenters. The van der Waals surface area contributed by atoms with Gasteiger partial charge in [0.15, 0.2) is 0 Å². The first-order valence-electron chi connectivity index (χ1n) is 10.4. The van der Waals surface area contributed by atoms with Gasteiger partial charge in [-0.15, -0.1) is 0 Å². The van der Waals surface area contributed by atoms with E-state index in [0.29, 0.717) is 11.4 Å². The highest BCUT2D eigenvalue weighted by Crippen LogP contribution is 2.25. The van der Waals surface area contributed by atoms with Crippen LogP contribution in [-0.2, 0) is 10.0 Å². The van der Waals surface area contributed by atoms with Gasteiger partial charge in [0.25, 0.3) is 0 Å². The molecule has 0 spiro atoms. The number of hydrogen-bond acceptors (Lipinski definition) is 5. The second-order valence-corrected chi connectivity index (χ2v) is 10.2. The van der Waals surface area contributed by atoms with E-state index in [9.17, 15) is 8.42 Å². The molecular formula is C23H34N4O2S. The van der Waals surface area contributed by atoms with Crippen LogP contribution >= 0.6 is 0 Å². The van der Waals surface area contributed by atoms with Crippen molar-refractivity contribution >= 4 is 15.7 Å². The normalized spacial score (nSPS) is 17.1. The first-order chi connectivity index (χ1) is 14.2. The fraction of sp³-hybridized carbons (Fsp3) is 0.478. The third kappa shape index (κ3) is 5.40. The van der Waals surface area contributed by atoms with Gasteiger partial charge in [-0.05, 0) is 55.8 Å². The molecule has 0 radical (unpaired) electrons. The fourth-order valence-corrected chi connectivity index (χ4v) is 5.21. The first kappa shape index (κ1) is 22.7. The summed E-state index contributed by atoms with van der Waals surface area (Å²) in [7, 11) is 2.58. The Bertz CT molecular complexity index is 950. The molecular weight excluding hydrogens is 396 g/mol. The van der Waals surface area contributed by atoms with Crippen molar-refractivity contribution in [1.29, 1.82) is 0 Å². The molecule has 6 nitrogen and oxygen atoms in total. The zero-order valence-electron chi connectivity index (χ0n) is 18.7. The summed E-state index contributed by atoms with van der Waals surface area (Å²) in [5, 5.41) is 0. The lowest BCUT2D eigenvalue weighted by atomic mass is 10.0. The molecule has 0 aromatic heterocycles. The van der Waals surface area contributed by atoms with Gasteiger partial charge in [0.1, 0.15) is 0 Å². The van der Waals surface area contributed by atoms with E-state index in [1.54, 1.807) is 6.07 Å². The summed E-state index contributed by atoms with van der Waals surface area (Å²) in [6.45, 7) is 7.90. The van der Waals surface area contributed by atoms with E-state index in [-0.39, 0.29) is 6.04 Å². The Morgan fingerprint density at radius 3 is 2.23 bits per heavy atom. The molecule has 1 heterocycles. The molecule has 0 saturated carbocycles. The summed E-state index contributed by atoms with van der Waals surface area (Å²) < 4.78 is 29.0. The molecule has 1 N–H and O–H groups in total. The van der Waals surface area contributed by atoms with Crippen LogP contribution in [0.2, 0.25) is 0 Å². The Morgan fingerprint density at radius 2 is 1.63 bits per heavy atom. The van der Waals surface area contributed by atoms with Gasteiger partial charge in [-0.25, -0.2) is 13.1 Å². The van der Waals surface area contributed by atoms with Crippen molar-refractivity contribution in [3.63, 3.8) is 0 Å². The van der Waals surface area contributed by atoms with Crippen molar-refractivity contribution in [2.75, 3.05) is 58.8 Å². The number of hydrogen-bond donors (Lipinski definition) is 1. The molecule has 0 bridgehead atoms. The lowest BCUT2D eigenvalue weighted by Gasteiger charge is -2.38. The van der Waals surface area contributed by atoms with E-state index in [2.05, 4.69) is 50.7 Å². The van der Waals surface area contributed by atoms with E-state index in [0.717, 1.165) is 48.6 Å². The fourth-order valence-electron chi connectivity index (χ4n) is 3.85. The van der Waals surface area contributed by atoms with Gasteiger partial charge in [-0.1, -0.05) is 24.3 Å². The van der Waals surface area contributed by atoms with Crippen LogP contribution in [-0.4, -0.2) is 72.1 Å². The average Bonchev–Trinajstić information content (AvgIpc) is 2.71. The van der Waals surface area contributed by atoms with Gasteiger partial charge < -0.3 is 9.80 Å². The topological polar surface area (TPSA) is 55.9 Å². The van der Waals surface area contributed by atoms with Crippen molar-refractivity contribution in [1.82, 2.24) is 14.5 Å². The minimum Gasteiger partial charge on any atom is -0.378 e. The predicted octanol–water partition coefficient (Wildman–Crippen LogP) is 2.64. The van der Waals surface area contributed by atoms with Crippen molar-refractivity contribution in [2.24, 2.45) is 0 Å². The molecule has 164 valence electrons. The zero-order valence-corrected chi connectivity index (χ0v) is 19.5. The number of sulfonamides is 1. The van der Waals surface area contributed by atoms with Crippen molar-refractivity contribution in [2.45, 2.75) is 24.8 Å². The highest BCUT2D eigenvalue weighted by molar-refractivity contribution is 7.89. The molecule has 30 heavy (non-hydrogen) atoms. The summed E-state index contributed by atoms with van der Waals surface area (Å²) in [5.41, 5.74) is 3.97. The zero-order chi connectivity index (χ0) is 21.9. The minimum atomic E-state index is -3.58. The van der Waals surface area contributed by atoms with Gasteiger partial charge in [0.2, 0.25) is 10.0 Å². The average molecular weight is 431 g/mol. The molecule has 2 aromatic carbocycles. The van der Waals surface area contributed by atoms with Crippen molar-refractivity contribution in [3.05, 3.63) is 59.2 Å². The molecule has 0 unspecified atom stereocenters. The van der Waals surface area contributed by atoms with Crippen LogP contribution in [0.3, 0.4) is 0 Å². The molecule has 7 heteroatoms. The largest absolute Gasteiger partial charge is 0.378 e. The van der Waals surface area contributed by atoms with E-state index in [1.165, 1.54) is 0 Å². The lowest BCUT2D eigenvalue weighted by molar-refractivity contribution is 0.113. The van der Waals surface area contributed by atoms with E-state index >= 15 is 0 Å². The molecule has 3 rings (SSSR count). The van der Waals surface area contributed by atoms with Gasteiger partial charge in [-0.3, -0.25) is 4.90 Å². The molecule has 1 saturated heterocycles. The Labute approximate surface area is 181 Å². The molecule has 0 amide bonds. The van der Waals surface area contributed by atoms with Gasteiger partial charge >= 0.3 is 0 Å². The molecule has 1 fully saturated rings. The van der Waals surface area contributed by atoms with E-state index < -0.39 is 10.0 Å². The summed E-state index contributed by atoms with van der Waals surface area (Å²) >= 11 is 0. The second kappa shape index (κ2) is 9.47. The monoisotopic (exact) mass is 430 g/mol. The van der Waals surface area contributed by atoms with Crippen LogP contribution in [0.1, 0.15) is 22.7 Å². The summed E-state index contributed by atoms with van der Waals surface area (Å²) in [6, 6.07) is 14.0. The highest BCUT2D eigenvalue weighted by atomic mass is 32.2. The number of aryl methyl sites for hydroxylation is 2. The molecule has 0 aliphatic carbocycles. The van der Waals surface area contributed by atoms with Crippen molar-refractivity contribution in [3.8, 4) is 0 Å². The standard InChI is InChI=1S/C23H34N4O2S/c1-18-6-7-19(2)23(16-18)30(28,29)24-17-22(27-14-12-26(5)13-15-27)20-8-10-21(11-9-20)25(3)4/h6-11,16,22,24H,12-15,17H2,1-5H3/t22-/m1/s1. The quantitative estimate of drug-likeness (QED) is 0.732.